The van der Waals surface area contributed by atoms with Gasteiger partial charge in [-0.2, -0.15) is 4.48 Å². The number of hydroxylamine groups is 2. The van der Waals surface area contributed by atoms with E-state index in [-0.39, 0.29) is 43.8 Å². The van der Waals surface area contributed by atoms with Gasteiger partial charge in [-0.1, -0.05) is 37.3 Å². The number of pyridine rings is 1. The third kappa shape index (κ3) is 6.51. The molecule has 2 heterocycles. The Bertz CT molecular complexity index is 972. The van der Waals surface area contributed by atoms with Crippen molar-refractivity contribution < 1.29 is 28.9 Å². The molecular weight excluding hydrogens is 488 g/mol. The number of hydrogen-bond donors (Lipinski definition) is 4. The molecule has 2 fully saturated rings. The summed E-state index contributed by atoms with van der Waals surface area (Å²) in [4.78, 5) is 54.9. The van der Waals surface area contributed by atoms with Gasteiger partial charge in [0.1, 0.15) is 11.9 Å². The fraction of sp³-hybridized carbons (Fsp3) is 0.625. The Hall–Kier alpha value is -2.76. The average molecular weight is 524 g/mol. The fourth-order valence-corrected chi connectivity index (χ4v) is 5.68. The molecule has 1 saturated heterocycles. The van der Waals surface area contributed by atoms with Crippen LogP contribution in [0.3, 0.4) is 0 Å². The minimum atomic E-state index is -0.708. The molecule has 12 heteroatoms. The lowest BCUT2D eigenvalue weighted by Gasteiger charge is -2.36. The first-order chi connectivity index (χ1) is 17.2. The van der Waals surface area contributed by atoms with Crippen molar-refractivity contribution >= 4 is 41.8 Å². The lowest BCUT2D eigenvalue weighted by molar-refractivity contribution is -0.786. The summed E-state index contributed by atoms with van der Waals surface area (Å²) in [6.07, 6.45) is 8.17. The highest BCUT2D eigenvalue weighted by molar-refractivity contribution is 6.32. The van der Waals surface area contributed by atoms with Gasteiger partial charge in [0.15, 0.2) is 0 Å². The van der Waals surface area contributed by atoms with E-state index in [0.29, 0.717) is 41.7 Å². The minimum absolute atomic E-state index is 0.177. The summed E-state index contributed by atoms with van der Waals surface area (Å²) in [6, 6.07) is -0.0643. The number of carbonyl (C=O) groups is 4. The lowest BCUT2D eigenvalue weighted by atomic mass is 9.91. The van der Waals surface area contributed by atoms with Crippen molar-refractivity contribution in [3.8, 4) is 0 Å². The molecule has 6 amide bonds. The number of urea groups is 2. The topological polar surface area (TPSA) is 155 Å². The Morgan fingerprint density at radius 3 is 2.64 bits per heavy atom. The Balaban J connectivity index is 1.68. The van der Waals surface area contributed by atoms with Gasteiger partial charge in [-0.05, 0) is 37.3 Å². The second kappa shape index (κ2) is 12.5. The maximum atomic E-state index is 13.9. The Kier molecular flexibility index (Phi) is 9.63. The Morgan fingerprint density at radius 2 is 2.03 bits per heavy atom. The van der Waals surface area contributed by atoms with Crippen molar-refractivity contribution in [2.45, 2.75) is 64.3 Å². The van der Waals surface area contributed by atoms with Crippen molar-refractivity contribution in [2.75, 3.05) is 25.4 Å². The van der Waals surface area contributed by atoms with E-state index in [4.69, 9.17) is 17.3 Å². The van der Waals surface area contributed by atoms with Crippen LogP contribution in [0.1, 0.15) is 57.4 Å². The number of nitrogen functional groups attached to an aromatic ring is 1. The number of imide groups is 2. The molecule has 36 heavy (non-hydrogen) atoms. The molecule has 3 rings (SSSR count). The smallest absolute Gasteiger partial charge is 0.382 e. The largest absolute Gasteiger partial charge is 0.432 e. The van der Waals surface area contributed by atoms with Crippen molar-refractivity contribution in [3.05, 3.63) is 22.8 Å². The van der Waals surface area contributed by atoms with Crippen molar-refractivity contribution in [1.29, 1.82) is 0 Å². The number of hydrogen-bond acceptors (Lipinski definition) is 7. The molecule has 198 valence electrons. The van der Waals surface area contributed by atoms with E-state index < -0.39 is 22.5 Å². The standard InChI is InChI=1S/C24H35ClN6O5/c1-16-5-4-10-31(16,22(33)19(14-30(36)15-32)11-17-6-2-3-7-17)24(35)29-23(34)27-9-8-18-12-20(25)21(26)28-13-18/h12-13,15-17,19,36H,2-11,14H2,1H3,(H3-,26,27,28,29,34,35)/p+1/t16-,19-,31?/m1/s1. The first-order valence-electron chi connectivity index (χ1n) is 12.5. The number of aromatic nitrogens is 1. The fourth-order valence-electron chi connectivity index (χ4n) is 5.49. The van der Waals surface area contributed by atoms with E-state index in [2.05, 4.69) is 15.6 Å². The Morgan fingerprint density at radius 1 is 1.31 bits per heavy atom. The van der Waals surface area contributed by atoms with Crippen LogP contribution in [0.2, 0.25) is 5.02 Å². The predicted molar refractivity (Wildman–Crippen MR) is 133 cm³/mol. The predicted octanol–water partition coefficient (Wildman–Crippen LogP) is 2.85. The van der Waals surface area contributed by atoms with Crippen LogP contribution >= 0.6 is 11.6 Å². The zero-order chi connectivity index (χ0) is 26.3. The number of nitrogens with zero attached hydrogens (tertiary/aromatic N) is 3. The summed E-state index contributed by atoms with van der Waals surface area (Å²) < 4.78 is -0.519. The van der Waals surface area contributed by atoms with Crippen LogP contribution in [0.4, 0.5) is 15.4 Å². The SMILES string of the molecule is C[C@@H]1CCC[N+]1(C(=O)NC(=O)NCCc1cnc(N)c(Cl)c1)C(=O)[C@H](CC1CCCC1)CN(O)C=O. The highest BCUT2D eigenvalue weighted by Crippen LogP contribution is 2.35. The minimum Gasteiger partial charge on any atom is -0.382 e. The first kappa shape index (κ1) is 27.8. The highest BCUT2D eigenvalue weighted by atomic mass is 35.5. The van der Waals surface area contributed by atoms with Crippen LogP contribution in [0, 0.1) is 11.8 Å². The lowest BCUT2D eigenvalue weighted by Crippen LogP contribution is -2.66. The van der Waals surface area contributed by atoms with Gasteiger partial charge in [0.2, 0.25) is 6.41 Å². The van der Waals surface area contributed by atoms with Crippen molar-refractivity contribution in [2.24, 2.45) is 11.8 Å². The van der Waals surface area contributed by atoms with Gasteiger partial charge in [-0.25, -0.2) is 29.7 Å². The molecule has 1 unspecified atom stereocenters. The normalized spacial score (nSPS) is 22.7. The molecule has 0 bridgehead atoms. The van der Waals surface area contributed by atoms with Gasteiger partial charge in [0, 0.05) is 25.6 Å². The van der Waals surface area contributed by atoms with Crippen LogP contribution in [-0.4, -0.2) is 69.8 Å². The molecule has 1 aromatic rings. The number of nitrogens with two attached hydrogens (primary N) is 1. The van der Waals surface area contributed by atoms with Gasteiger partial charge in [-0.15, -0.1) is 0 Å². The number of halogens is 1. The number of quaternary nitrogens is 1. The third-order valence-electron chi connectivity index (χ3n) is 7.46. The summed E-state index contributed by atoms with van der Waals surface area (Å²) in [5.41, 5.74) is 6.38. The molecule has 11 nitrogen and oxygen atoms in total. The van der Waals surface area contributed by atoms with E-state index in [9.17, 15) is 24.4 Å². The van der Waals surface area contributed by atoms with Crippen molar-refractivity contribution in [1.82, 2.24) is 20.7 Å². The number of carbonyl (C=O) groups excluding carboxylic acids is 4. The van der Waals surface area contributed by atoms with Crippen LogP contribution in [-0.2, 0) is 16.0 Å². The highest BCUT2D eigenvalue weighted by Gasteiger charge is 2.55. The van der Waals surface area contributed by atoms with Gasteiger partial charge in [0.25, 0.3) is 0 Å². The second-order valence-corrected chi connectivity index (χ2v) is 10.3. The van der Waals surface area contributed by atoms with E-state index >= 15 is 0 Å². The molecule has 2 aliphatic rings. The molecule has 0 radical (unpaired) electrons. The van der Waals surface area contributed by atoms with Gasteiger partial charge in [-0.3, -0.25) is 10.0 Å². The van der Waals surface area contributed by atoms with E-state index in [1.54, 1.807) is 12.3 Å². The molecule has 1 aromatic heterocycles. The molecule has 5 N–H and O–H groups in total. The number of amides is 6. The van der Waals surface area contributed by atoms with E-state index in [1.807, 2.05) is 6.92 Å². The zero-order valence-electron chi connectivity index (χ0n) is 20.6. The monoisotopic (exact) mass is 523 g/mol. The molecule has 0 spiro atoms. The molecule has 1 saturated carbocycles. The van der Waals surface area contributed by atoms with Crippen LogP contribution in [0.15, 0.2) is 12.3 Å². The van der Waals surface area contributed by atoms with Gasteiger partial charge < -0.3 is 11.1 Å². The van der Waals surface area contributed by atoms with Crippen LogP contribution < -0.4 is 16.4 Å². The molecule has 3 atom stereocenters. The third-order valence-corrected chi connectivity index (χ3v) is 7.76. The first-order valence-corrected chi connectivity index (χ1v) is 12.9. The van der Waals surface area contributed by atoms with Gasteiger partial charge in [0.05, 0.1) is 24.0 Å². The molecule has 0 aromatic carbocycles. The van der Waals surface area contributed by atoms with Crippen LogP contribution in [0.5, 0.6) is 0 Å². The number of likely N-dealkylation sites (tertiary alicyclic amines) is 1. The van der Waals surface area contributed by atoms with E-state index in [1.165, 1.54) is 0 Å². The maximum Gasteiger partial charge on any atom is 0.432 e. The Labute approximate surface area is 215 Å². The zero-order valence-corrected chi connectivity index (χ0v) is 21.4. The van der Waals surface area contributed by atoms with Crippen LogP contribution in [0.25, 0.3) is 0 Å². The summed E-state index contributed by atoms with van der Waals surface area (Å²) in [6.45, 7) is 2.13. The number of rotatable bonds is 9. The number of anilines is 1. The second-order valence-electron chi connectivity index (χ2n) is 9.88. The molecule has 1 aliphatic carbocycles. The maximum absolute atomic E-state index is 13.9. The summed E-state index contributed by atoms with van der Waals surface area (Å²) >= 11 is 5.97. The number of nitrogens with one attached hydrogen (secondary N) is 2. The average Bonchev–Trinajstić information content (AvgIpc) is 3.50. The summed E-state index contributed by atoms with van der Waals surface area (Å²) in [5.74, 6) is -0.542. The quantitative estimate of drug-likeness (QED) is 0.168. The van der Waals surface area contributed by atoms with Crippen molar-refractivity contribution in [3.63, 3.8) is 0 Å². The molecule has 1 aliphatic heterocycles. The van der Waals surface area contributed by atoms with Gasteiger partial charge >= 0.3 is 18.0 Å². The van der Waals surface area contributed by atoms with E-state index in [0.717, 1.165) is 31.2 Å². The molecular formula is C24H36ClN6O5+. The summed E-state index contributed by atoms with van der Waals surface area (Å²) in [5, 5.41) is 15.6. The summed E-state index contributed by atoms with van der Waals surface area (Å²) in [7, 11) is 0.